The first-order chi connectivity index (χ1) is 37.0. The molecule has 0 bridgehead atoms. The predicted molar refractivity (Wildman–Crippen MR) is 262 cm³/mol. The normalized spacial score (nSPS) is 11.8. The van der Waals surface area contributed by atoms with Crippen LogP contribution in [0.4, 0.5) is 87.8 Å². The number of unbranched alkanes of at least 4 members (excludes halogenated alkanes) is 23. The lowest BCUT2D eigenvalue weighted by Crippen LogP contribution is -3.12. The summed E-state index contributed by atoms with van der Waals surface area (Å²) in [7, 11) is 0. The van der Waals surface area contributed by atoms with Crippen molar-refractivity contribution >= 4 is 28.0 Å². The summed E-state index contributed by atoms with van der Waals surface area (Å²) < 4.78 is 294. The Morgan fingerprint density at radius 2 is 0.321 bits per heavy atom. The van der Waals surface area contributed by atoms with Gasteiger partial charge in [-0.05, 0) is 38.5 Å². The van der Waals surface area contributed by atoms with Gasteiger partial charge < -0.3 is 4.90 Å². The molecule has 0 aromatic heterocycles. The molecule has 0 unspecified atom stereocenters. The van der Waals surface area contributed by atoms with Gasteiger partial charge in [-0.3, -0.25) is 0 Å². The lowest BCUT2D eigenvalue weighted by atomic mass is 9.12. The van der Waals surface area contributed by atoms with Crippen LogP contribution in [0.25, 0.3) is 0 Å². The molecule has 0 amide bonds. The molecule has 0 radical (unpaired) electrons. The summed E-state index contributed by atoms with van der Waals surface area (Å²) in [6.45, 7) is 11.3. The number of nitrogens with one attached hydrogen (secondary N) is 1. The van der Waals surface area contributed by atoms with Crippen LogP contribution in [0.3, 0.4) is 0 Å². The predicted octanol–water partition coefficient (Wildman–Crippen LogP) is 15.9. The van der Waals surface area contributed by atoms with Crippen molar-refractivity contribution in [3.05, 3.63) is 116 Å². The largest absolute Gasteiger partial charge is 0.335 e. The maximum atomic E-state index is 15.4. The highest BCUT2D eigenvalue weighted by atomic mass is 19.2. The highest BCUT2D eigenvalue weighted by Crippen LogP contribution is 2.31. The Hall–Kier alpha value is -4.50. The lowest BCUT2D eigenvalue weighted by Gasteiger charge is -2.44. The van der Waals surface area contributed by atoms with E-state index >= 15 is 35.1 Å². The van der Waals surface area contributed by atoms with Crippen LogP contribution in [-0.2, 0) is 0 Å². The molecule has 1 N–H and O–H groups in total. The van der Waals surface area contributed by atoms with Gasteiger partial charge in [0, 0.05) is 0 Å². The molecule has 0 aliphatic carbocycles. The van der Waals surface area contributed by atoms with Crippen molar-refractivity contribution in [2.75, 3.05) is 19.6 Å². The van der Waals surface area contributed by atoms with Crippen molar-refractivity contribution in [3.8, 4) is 0 Å². The molecular formula is C56H68BF20N. The van der Waals surface area contributed by atoms with Gasteiger partial charge in [-0.1, -0.05) is 149 Å². The molecule has 4 aromatic carbocycles. The molecule has 0 saturated heterocycles. The van der Waals surface area contributed by atoms with Gasteiger partial charge in [-0.25, -0.2) is 87.8 Å². The third-order valence-electron chi connectivity index (χ3n) is 14.4. The Morgan fingerprint density at radius 1 is 0.192 bits per heavy atom. The number of quaternary nitrogens is 1. The summed E-state index contributed by atoms with van der Waals surface area (Å²) in [4.78, 5) is 1.94. The first-order valence-electron chi connectivity index (χ1n) is 27.1. The third kappa shape index (κ3) is 16.3. The minimum Gasteiger partial charge on any atom is -0.335 e. The summed E-state index contributed by atoms with van der Waals surface area (Å²) >= 11 is 0. The molecule has 0 atom stereocenters. The van der Waals surface area contributed by atoms with Crippen LogP contribution in [0.5, 0.6) is 0 Å². The van der Waals surface area contributed by atoms with Crippen LogP contribution in [0.15, 0.2) is 0 Å². The monoisotopic (exact) mass is 1150 g/mol. The SMILES string of the molecule is CCCCCCCCCCCC[NH+](CCCCCCCCCC)CCCCCCCCCC.Fc1c(F)c(F)c([B-](c2c(F)c(F)c(F)c(F)c2F)(c2c(F)c(F)c(F)c(F)c2F)c2c(F)c(F)c(F)c(F)c2F)c(F)c1F. The van der Waals surface area contributed by atoms with Crippen molar-refractivity contribution in [1.82, 2.24) is 0 Å². The Balaban J connectivity index is 0.000000433. The van der Waals surface area contributed by atoms with E-state index in [4.69, 9.17) is 0 Å². The molecule has 0 spiro atoms. The zero-order valence-corrected chi connectivity index (χ0v) is 44.1. The van der Waals surface area contributed by atoms with E-state index in [1.54, 1.807) is 0 Å². The first kappa shape index (κ1) is 67.8. The van der Waals surface area contributed by atoms with Crippen molar-refractivity contribution in [2.24, 2.45) is 0 Å². The van der Waals surface area contributed by atoms with Crippen LogP contribution in [0.2, 0.25) is 0 Å². The fourth-order valence-electron chi connectivity index (χ4n) is 10.1. The van der Waals surface area contributed by atoms with Crippen LogP contribution in [-0.4, -0.2) is 25.8 Å². The fourth-order valence-corrected chi connectivity index (χ4v) is 10.1. The van der Waals surface area contributed by atoms with Gasteiger partial charge in [0.05, 0.1) is 19.6 Å². The fraction of sp³-hybridized carbons (Fsp3) is 0.571. The second-order valence-corrected chi connectivity index (χ2v) is 19.9. The quantitative estimate of drug-likeness (QED) is 0.0159. The van der Waals surface area contributed by atoms with E-state index in [1.807, 2.05) is 4.90 Å². The zero-order chi connectivity index (χ0) is 58.4. The average molecular weight is 1150 g/mol. The Bertz CT molecular complexity index is 2140. The number of hydrogen-bond donors (Lipinski definition) is 1. The van der Waals surface area contributed by atoms with Gasteiger partial charge in [-0.2, -0.15) is 0 Å². The van der Waals surface area contributed by atoms with Crippen LogP contribution >= 0.6 is 0 Å². The molecule has 22 heteroatoms. The van der Waals surface area contributed by atoms with Crippen LogP contribution < -0.4 is 26.8 Å². The maximum Gasteiger partial charge on any atom is 0.200 e. The molecule has 1 nitrogen and oxygen atoms in total. The number of rotatable bonds is 33. The standard InChI is InChI=1S/C32H67N.C24BF20/c1-4-7-10-13-16-19-20-23-26-29-32-33(30-27-24-21-17-14-11-8-5-2)31-28-25-22-18-15-12-9-6-3;26-5-1(6(27)14(35)21(42)13(5)34)25(2-7(28)15(36)22(43)16(37)8(2)29,3-9(30)17(38)23(44)18(39)10(3)31)4-11(32)19(40)24(45)20(41)12(4)33/h4-32H2,1-3H3;/q;-1/p+1. The zero-order valence-electron chi connectivity index (χ0n) is 44.1. The minimum atomic E-state index is -7.22. The Labute approximate surface area is 443 Å². The second kappa shape index (κ2) is 33.3. The van der Waals surface area contributed by atoms with E-state index < -0.39 is 144 Å². The van der Waals surface area contributed by atoms with E-state index in [9.17, 15) is 52.7 Å². The van der Waals surface area contributed by atoms with Crippen molar-refractivity contribution in [2.45, 2.75) is 188 Å². The maximum absolute atomic E-state index is 15.4. The number of halogens is 20. The number of benzene rings is 4. The average Bonchev–Trinajstić information content (AvgIpc) is 3.42. The molecule has 4 rings (SSSR count). The smallest absolute Gasteiger partial charge is 0.200 e. The van der Waals surface area contributed by atoms with Crippen molar-refractivity contribution < 1.29 is 92.7 Å². The topological polar surface area (TPSA) is 4.44 Å². The first-order valence-corrected chi connectivity index (χ1v) is 27.1. The van der Waals surface area contributed by atoms with Crippen LogP contribution in [0.1, 0.15) is 188 Å². The van der Waals surface area contributed by atoms with Crippen LogP contribution in [0, 0.1) is 116 Å². The van der Waals surface area contributed by atoms with Gasteiger partial charge in [0.2, 0.25) is 0 Å². The van der Waals surface area contributed by atoms with E-state index in [0.29, 0.717) is 0 Å². The third-order valence-corrected chi connectivity index (χ3v) is 14.4. The Kier molecular flexibility index (Phi) is 28.9. The van der Waals surface area contributed by atoms with E-state index in [2.05, 4.69) is 20.8 Å². The van der Waals surface area contributed by atoms with E-state index in [1.165, 1.54) is 187 Å². The summed E-state index contributed by atoms with van der Waals surface area (Å²) in [6.07, 6.45) is 30.7. The van der Waals surface area contributed by atoms with E-state index in [-0.39, 0.29) is 0 Å². The molecule has 0 fully saturated rings. The van der Waals surface area contributed by atoms with Gasteiger partial charge in [-0.15, -0.1) is 21.9 Å². The van der Waals surface area contributed by atoms with Gasteiger partial charge in [0.15, 0.2) is 69.8 Å². The van der Waals surface area contributed by atoms with Crippen molar-refractivity contribution in [1.29, 1.82) is 0 Å². The molecule has 0 heterocycles. The van der Waals surface area contributed by atoms with Gasteiger partial charge in [0.1, 0.15) is 52.7 Å². The molecule has 440 valence electrons. The summed E-state index contributed by atoms with van der Waals surface area (Å²) in [5.74, 6) is -71.4. The molecule has 0 aliphatic heterocycles. The number of hydrogen-bond acceptors (Lipinski definition) is 0. The summed E-state index contributed by atoms with van der Waals surface area (Å²) in [6, 6.07) is 0. The Morgan fingerprint density at radius 3 is 0.474 bits per heavy atom. The molecular weight excluding hydrogens is 1080 g/mol. The van der Waals surface area contributed by atoms with Crippen molar-refractivity contribution in [3.63, 3.8) is 0 Å². The molecule has 0 aliphatic rings. The highest BCUT2D eigenvalue weighted by molar-refractivity contribution is 7.20. The minimum absolute atomic E-state index is 1.37. The van der Waals surface area contributed by atoms with E-state index in [0.717, 1.165) is 0 Å². The molecule has 78 heavy (non-hydrogen) atoms. The lowest BCUT2D eigenvalue weighted by molar-refractivity contribution is -0.900. The molecule has 4 aromatic rings. The second-order valence-electron chi connectivity index (χ2n) is 19.9. The summed E-state index contributed by atoms with van der Waals surface area (Å²) in [5, 5.41) is 0. The highest BCUT2D eigenvalue weighted by Gasteiger charge is 2.52. The molecule has 0 saturated carbocycles. The summed E-state index contributed by atoms with van der Waals surface area (Å²) in [5.41, 5.74) is -14.3. The van der Waals surface area contributed by atoms with Gasteiger partial charge in [0.25, 0.3) is 0 Å². The van der Waals surface area contributed by atoms with Gasteiger partial charge >= 0.3 is 0 Å².